The first-order valence-electron chi connectivity index (χ1n) is 4.95. The fourth-order valence-corrected chi connectivity index (χ4v) is 2.79. The Balaban J connectivity index is 0.00000220. The third-order valence-electron chi connectivity index (χ3n) is 2.55. The number of phenols is 2. The monoisotopic (exact) mass is 344 g/mol. The standard InChI is InChI=1S/C10H8O8S2.Na.H/c11-8-3-6(19(13,14)15)1-5-2-7(20(16,17)18)4-9(12)10(5)8;;/h1-4,11-12H,(H,13,14,15)(H,16,17,18);;/q;+1;-1. The van der Waals surface area contributed by atoms with Gasteiger partial charge in [0, 0.05) is 12.1 Å². The van der Waals surface area contributed by atoms with Gasteiger partial charge in [-0.15, -0.1) is 0 Å². The second-order valence-electron chi connectivity index (χ2n) is 3.93. The van der Waals surface area contributed by atoms with E-state index < -0.39 is 41.5 Å². The summed E-state index contributed by atoms with van der Waals surface area (Å²) in [5.74, 6) is -1.34. The molecule has 2 rings (SSSR count). The maximum absolute atomic E-state index is 11.0. The fourth-order valence-electron chi connectivity index (χ4n) is 1.71. The summed E-state index contributed by atoms with van der Waals surface area (Å²) in [6.45, 7) is 0. The van der Waals surface area contributed by atoms with Gasteiger partial charge < -0.3 is 11.6 Å². The van der Waals surface area contributed by atoms with Crippen LogP contribution in [0.5, 0.6) is 11.5 Å². The van der Waals surface area contributed by atoms with Crippen molar-refractivity contribution in [1.82, 2.24) is 0 Å². The second-order valence-corrected chi connectivity index (χ2v) is 6.78. The van der Waals surface area contributed by atoms with Crippen LogP contribution in [0.4, 0.5) is 0 Å². The van der Waals surface area contributed by atoms with Gasteiger partial charge in [-0.2, -0.15) is 16.8 Å². The molecule has 0 aromatic heterocycles. The van der Waals surface area contributed by atoms with Crippen LogP contribution >= 0.6 is 0 Å². The summed E-state index contributed by atoms with van der Waals surface area (Å²) in [6, 6.07) is 3.09. The Morgan fingerprint density at radius 1 is 0.762 bits per heavy atom. The van der Waals surface area contributed by atoms with Crippen molar-refractivity contribution in [3.05, 3.63) is 24.3 Å². The van der Waals surface area contributed by atoms with Gasteiger partial charge in [-0.25, -0.2) is 0 Å². The van der Waals surface area contributed by atoms with Gasteiger partial charge in [-0.05, 0) is 17.5 Å². The van der Waals surface area contributed by atoms with Crippen LogP contribution in [-0.2, 0) is 20.2 Å². The molecular weight excluding hydrogens is 335 g/mol. The molecule has 8 nitrogen and oxygen atoms in total. The molecule has 0 spiro atoms. The molecule has 0 saturated heterocycles. The molecular formula is C10H9NaO8S2. The number of hydrogen-bond acceptors (Lipinski definition) is 6. The van der Waals surface area contributed by atoms with E-state index in [-0.39, 0.29) is 41.8 Å². The molecule has 0 fully saturated rings. The fraction of sp³-hybridized carbons (Fsp3) is 0. The molecule has 0 aliphatic heterocycles. The summed E-state index contributed by atoms with van der Waals surface area (Å²) in [4.78, 5) is -1.37. The molecule has 0 saturated carbocycles. The minimum atomic E-state index is -4.63. The van der Waals surface area contributed by atoms with Crippen molar-refractivity contribution in [3.8, 4) is 11.5 Å². The molecule has 21 heavy (non-hydrogen) atoms. The maximum atomic E-state index is 11.0. The van der Waals surface area contributed by atoms with Gasteiger partial charge in [-0.1, -0.05) is 0 Å². The van der Waals surface area contributed by atoms with Crippen LogP contribution in [-0.4, -0.2) is 36.2 Å². The number of aromatic hydroxyl groups is 2. The van der Waals surface area contributed by atoms with E-state index in [0.717, 1.165) is 12.1 Å². The van der Waals surface area contributed by atoms with Crippen molar-refractivity contribution >= 4 is 31.0 Å². The molecule has 0 bridgehead atoms. The van der Waals surface area contributed by atoms with Crippen molar-refractivity contribution in [2.75, 3.05) is 0 Å². The number of phenolic OH excluding ortho intramolecular Hbond substituents is 2. The smallest absolute Gasteiger partial charge is 1.00 e. The van der Waals surface area contributed by atoms with E-state index >= 15 is 0 Å². The van der Waals surface area contributed by atoms with Crippen molar-refractivity contribution in [2.24, 2.45) is 0 Å². The maximum Gasteiger partial charge on any atom is 1.00 e. The molecule has 11 heteroatoms. The van der Waals surface area contributed by atoms with Gasteiger partial charge in [0.05, 0.1) is 15.2 Å². The molecule has 0 aliphatic carbocycles. The summed E-state index contributed by atoms with van der Waals surface area (Å²) in [5.41, 5.74) is 0. The van der Waals surface area contributed by atoms with Crippen molar-refractivity contribution in [2.45, 2.75) is 9.79 Å². The summed E-state index contributed by atoms with van der Waals surface area (Å²) in [6.07, 6.45) is 0. The van der Waals surface area contributed by atoms with Crippen LogP contribution in [0.25, 0.3) is 10.8 Å². The molecule has 110 valence electrons. The molecule has 0 radical (unpaired) electrons. The van der Waals surface area contributed by atoms with Crippen LogP contribution in [0.3, 0.4) is 0 Å². The predicted molar refractivity (Wildman–Crippen MR) is 68.0 cm³/mol. The molecule has 0 unspecified atom stereocenters. The van der Waals surface area contributed by atoms with Crippen LogP contribution in [0.2, 0.25) is 0 Å². The summed E-state index contributed by atoms with van der Waals surface area (Å²) < 4.78 is 61.8. The largest absolute Gasteiger partial charge is 1.00 e. The summed E-state index contributed by atoms with van der Waals surface area (Å²) in [7, 11) is -9.26. The number of benzene rings is 2. The Morgan fingerprint density at radius 3 is 1.38 bits per heavy atom. The van der Waals surface area contributed by atoms with Crippen LogP contribution in [0.1, 0.15) is 1.43 Å². The second kappa shape index (κ2) is 5.72. The topological polar surface area (TPSA) is 149 Å². The quantitative estimate of drug-likeness (QED) is 0.356. The zero-order chi connectivity index (χ0) is 15.3. The van der Waals surface area contributed by atoms with Gasteiger partial charge in [0.1, 0.15) is 11.5 Å². The Hall–Kier alpha value is -0.880. The SMILES string of the molecule is O=S(=O)(O)c1cc(O)c2c(O)cc(S(=O)(=O)O)cc2c1.[H-].[Na+]. The average molecular weight is 344 g/mol. The van der Waals surface area contributed by atoms with Gasteiger partial charge >= 0.3 is 29.6 Å². The van der Waals surface area contributed by atoms with Gasteiger partial charge in [0.15, 0.2) is 0 Å². The Bertz CT molecular complexity index is 851. The molecule has 0 heterocycles. The first-order valence-corrected chi connectivity index (χ1v) is 7.83. The molecule has 2 aromatic carbocycles. The van der Waals surface area contributed by atoms with Crippen LogP contribution in [0.15, 0.2) is 34.1 Å². The first kappa shape index (κ1) is 18.2. The van der Waals surface area contributed by atoms with E-state index in [0.29, 0.717) is 12.1 Å². The molecule has 0 aliphatic rings. The van der Waals surface area contributed by atoms with E-state index in [9.17, 15) is 27.0 Å². The summed E-state index contributed by atoms with van der Waals surface area (Å²) in [5, 5.41) is 18.9. The average Bonchev–Trinajstić information content (AvgIpc) is 2.25. The molecule has 0 amide bonds. The zero-order valence-corrected chi connectivity index (χ0v) is 14.2. The number of fused-ring (bicyclic) bond motifs is 1. The van der Waals surface area contributed by atoms with Crippen molar-refractivity contribution in [3.63, 3.8) is 0 Å². The van der Waals surface area contributed by atoms with Crippen molar-refractivity contribution < 1.29 is 67.1 Å². The zero-order valence-electron chi connectivity index (χ0n) is 11.5. The van der Waals surface area contributed by atoms with E-state index in [4.69, 9.17) is 9.11 Å². The number of rotatable bonds is 2. The Morgan fingerprint density at radius 2 is 1.10 bits per heavy atom. The van der Waals surface area contributed by atoms with Gasteiger partial charge in [0.25, 0.3) is 20.2 Å². The van der Waals surface area contributed by atoms with Gasteiger partial charge in [-0.3, -0.25) is 9.11 Å². The van der Waals surface area contributed by atoms with Crippen molar-refractivity contribution in [1.29, 1.82) is 0 Å². The van der Waals surface area contributed by atoms with Crippen LogP contribution < -0.4 is 29.6 Å². The summed E-state index contributed by atoms with van der Waals surface area (Å²) >= 11 is 0. The normalized spacial score (nSPS) is 12.1. The minimum Gasteiger partial charge on any atom is -1.00 e. The Kier molecular flexibility index (Phi) is 4.95. The van der Waals surface area contributed by atoms with E-state index in [2.05, 4.69) is 0 Å². The Labute approximate surface area is 143 Å². The first-order chi connectivity index (χ1) is 9.00. The molecule has 0 atom stereocenters. The third kappa shape index (κ3) is 3.66. The van der Waals surface area contributed by atoms with E-state index in [1.54, 1.807) is 0 Å². The third-order valence-corrected chi connectivity index (χ3v) is 4.21. The predicted octanol–water partition coefficient (Wildman–Crippen LogP) is -2.14. The van der Waals surface area contributed by atoms with Crippen LogP contribution in [0, 0.1) is 0 Å². The minimum absolute atomic E-state index is 0. The van der Waals surface area contributed by atoms with Gasteiger partial charge in [0.2, 0.25) is 0 Å². The van der Waals surface area contributed by atoms with E-state index in [1.807, 2.05) is 0 Å². The molecule has 2 aromatic rings. The number of hydrogen-bond donors (Lipinski definition) is 4. The molecule has 4 N–H and O–H groups in total. The van der Waals surface area contributed by atoms with E-state index in [1.165, 1.54) is 0 Å².